The van der Waals surface area contributed by atoms with Gasteiger partial charge >= 0.3 is 23.9 Å². The number of amides is 10. The molecule has 0 aliphatic carbocycles. The fraction of sp³-hybridized carbons (Fsp3) is 0.440. The quantitative estimate of drug-likeness (QED) is 0.00739. The van der Waals surface area contributed by atoms with E-state index in [1.807, 2.05) is 97.1 Å². The highest BCUT2D eigenvalue weighted by molar-refractivity contribution is 9.11. The summed E-state index contributed by atoms with van der Waals surface area (Å²) in [6.07, 6.45) is 12.1. The van der Waals surface area contributed by atoms with Crippen LogP contribution in [0.15, 0.2) is 140 Å². The lowest BCUT2D eigenvalue weighted by atomic mass is 9.91. The lowest BCUT2D eigenvalue weighted by Crippen LogP contribution is -2.46. The number of nitrogens with zero attached hydrogens (tertiary/aromatic N) is 10. The number of Topliss-reactive ketones (excluding diaryl/α,β-unsaturated/α-hetero) is 2. The van der Waals surface area contributed by atoms with Crippen molar-refractivity contribution in [1.29, 1.82) is 0 Å². The summed E-state index contributed by atoms with van der Waals surface area (Å²) < 4.78 is 23.1. The topological polar surface area (TPSA) is 668 Å². The van der Waals surface area contributed by atoms with E-state index >= 15 is 0 Å². The Morgan fingerprint density at radius 3 is 0.927 bits per heavy atom. The monoisotopic (exact) mass is 2320 g/mol. The summed E-state index contributed by atoms with van der Waals surface area (Å²) in [6.45, 7) is 16.4. The van der Waals surface area contributed by atoms with Gasteiger partial charge in [-0.15, -0.1) is 0 Å². The molecule has 14 rings (SSSR count). The highest BCUT2D eigenvalue weighted by Crippen LogP contribution is 2.35. The number of primary amides is 4. The Balaban J connectivity index is 0.000000190. The summed E-state index contributed by atoms with van der Waals surface area (Å²) in [5.41, 5.74) is 22.7. The van der Waals surface area contributed by atoms with Crippen LogP contribution in [-0.2, 0) is 121 Å². The molecule has 0 unspecified atom stereocenters. The van der Waals surface area contributed by atoms with Gasteiger partial charge < -0.3 is 115 Å². The van der Waals surface area contributed by atoms with E-state index in [2.05, 4.69) is 167 Å². The number of hydrogen-bond donors (Lipinski definition) is 16. The largest absolute Gasteiger partial charge is 0.459 e. The van der Waals surface area contributed by atoms with E-state index < -0.39 is 93.2 Å². The van der Waals surface area contributed by atoms with E-state index in [0.29, 0.717) is 207 Å². The van der Waals surface area contributed by atoms with Crippen LogP contribution < -0.4 is 86.7 Å². The van der Waals surface area contributed by atoms with Crippen molar-refractivity contribution in [3.05, 3.63) is 162 Å². The summed E-state index contributed by atoms with van der Waals surface area (Å²) in [4.78, 5) is 228. The van der Waals surface area contributed by atoms with Gasteiger partial charge in [0.15, 0.2) is 23.8 Å². The molecule has 6 saturated heterocycles. The Morgan fingerprint density at radius 1 is 0.367 bits per heavy atom. The van der Waals surface area contributed by atoms with Gasteiger partial charge in [-0.05, 0) is 228 Å². The molecular formula is C100H122Br4N26O20. The second-order valence-electron chi connectivity index (χ2n) is 38.0. The molecule has 10 amide bonds. The van der Waals surface area contributed by atoms with Crippen molar-refractivity contribution in [3.63, 3.8) is 0 Å². The number of ketones is 2. The molecule has 50 heteroatoms. The number of rotatable bonds is 48. The average Bonchev–Trinajstić information content (AvgIpc) is 1.64. The van der Waals surface area contributed by atoms with E-state index in [1.165, 1.54) is 55.4 Å². The van der Waals surface area contributed by atoms with E-state index in [0.717, 1.165) is 45.0 Å². The molecule has 4 aromatic heterocycles. The Hall–Kier alpha value is -14.6. The molecule has 4 aromatic carbocycles. The third-order valence-electron chi connectivity index (χ3n) is 25.0. The number of benzene rings is 4. The first-order chi connectivity index (χ1) is 71.2. The molecule has 150 heavy (non-hydrogen) atoms. The van der Waals surface area contributed by atoms with Gasteiger partial charge in [0.05, 0.1) is 31.0 Å². The van der Waals surface area contributed by atoms with Gasteiger partial charge in [0, 0.05) is 164 Å². The third-order valence-corrected chi connectivity index (χ3v) is 27.3. The molecule has 46 nitrogen and oxygen atoms in total. The first-order valence-corrected chi connectivity index (χ1v) is 51.6. The van der Waals surface area contributed by atoms with E-state index in [1.54, 1.807) is 34.6 Å². The maximum Gasteiger partial charge on any atom is 0.329 e. The summed E-state index contributed by atoms with van der Waals surface area (Å²) in [5, 5.41) is 36.2. The molecule has 4 bridgehead atoms. The minimum atomic E-state index is -1.26. The molecule has 6 aliphatic heterocycles. The minimum Gasteiger partial charge on any atom is -0.459 e. The summed E-state index contributed by atoms with van der Waals surface area (Å²) >= 11 is 13.7. The third kappa shape index (κ3) is 33.2. The zero-order valence-corrected chi connectivity index (χ0v) is 90.2. The molecule has 6 atom stereocenters. The average molecular weight is 2330 g/mol. The normalized spacial score (nSPS) is 16.7. The molecule has 6 fully saturated rings. The molecule has 20 N–H and O–H groups in total. The van der Waals surface area contributed by atoms with Crippen LogP contribution in [0.2, 0.25) is 0 Å². The molecule has 10 heterocycles. The predicted molar refractivity (Wildman–Crippen MR) is 566 cm³/mol. The lowest BCUT2D eigenvalue weighted by Gasteiger charge is -2.25. The van der Waals surface area contributed by atoms with Crippen LogP contribution in [0.3, 0.4) is 0 Å². The molecule has 0 radical (unpaired) electrons. The fourth-order valence-corrected chi connectivity index (χ4v) is 16.5. The van der Waals surface area contributed by atoms with Crippen LogP contribution in [0, 0.1) is 21.7 Å². The zero-order valence-electron chi connectivity index (χ0n) is 83.9. The number of esters is 4. The minimum absolute atomic E-state index is 0.0264. The maximum absolute atomic E-state index is 12.7. The number of hydrogen-bond acceptors (Lipinski definition) is 36. The number of ether oxygens (including phenoxy) is 4. The smallest absolute Gasteiger partial charge is 0.329 e. The molecule has 800 valence electrons. The first-order valence-electron chi connectivity index (χ1n) is 48.5. The SMILES string of the molecule is CC(C)(C(N)=O)C(=O)NCCCNc1nc(Nc2ccc(CC(=O)[C@@H]3CCC(=O)O3)cc2)ncc1Br.CC(C)(C(N)=O)C(=O)NCCCNc1nc(Nc2ccc(CC(=O)[C@H]3CCC(=O)O3)cc2)ncc1Br.CC(C)(C(N)=O)C(=O)NCCCNc1nc(Nc2ccc(CCC(=O)N3C[C@@H]4C[C@H]3C(=O)O4)cc2)ncc1Br.CC(C)(C(N)=O)C(=O)NCCCNc1nc(Nc2cccc(CCC(=O)N3C[C@@H]4C[C@H]3C(=O)O4)c2)ncc1Br. The van der Waals surface area contributed by atoms with Crippen LogP contribution in [0.5, 0.6) is 0 Å². The highest BCUT2D eigenvalue weighted by atomic mass is 79.9. The van der Waals surface area contributed by atoms with Crippen LogP contribution >= 0.6 is 63.7 Å². The highest BCUT2D eigenvalue weighted by Gasteiger charge is 2.50. The van der Waals surface area contributed by atoms with Crippen molar-refractivity contribution in [1.82, 2.24) is 70.9 Å². The molecule has 6 aliphatic rings. The van der Waals surface area contributed by atoms with Gasteiger partial charge in [0.1, 0.15) is 69.2 Å². The Kier molecular flexibility index (Phi) is 41.3. The van der Waals surface area contributed by atoms with Crippen molar-refractivity contribution >= 4 is 228 Å². The second kappa shape index (κ2) is 53.5. The van der Waals surface area contributed by atoms with Crippen LogP contribution in [0.25, 0.3) is 0 Å². The van der Waals surface area contributed by atoms with Crippen molar-refractivity contribution in [2.45, 2.75) is 195 Å². The number of nitrogens with two attached hydrogens (primary N) is 4. The van der Waals surface area contributed by atoms with Gasteiger partial charge in [-0.25, -0.2) is 29.5 Å². The van der Waals surface area contributed by atoms with Crippen molar-refractivity contribution < 1.29 is 95.7 Å². The lowest BCUT2D eigenvalue weighted by molar-refractivity contribution is -0.157. The van der Waals surface area contributed by atoms with Crippen LogP contribution in [0.1, 0.15) is 155 Å². The first kappa shape index (κ1) is 116. The standard InChI is InChI=1S/2C26H32BrN7O5.2C24H29BrN6O5/c1-26(2,23(28)37)24(38)30-11-3-10-29-21-18(27)13-31-25(33-21)32-16-7-4-15(5-8-16)6-9-20(35)34-14-17-12-19(34)22(36)39-17;1-26(2,23(28)37)24(38)30-10-4-9-29-21-18(27)13-31-25(33-21)32-16-6-3-5-15(11-16)7-8-20(35)34-14-17-12-19(34)22(36)39-17;2*1-24(2,21(26)34)22(35)28-11-3-10-27-20-16(25)13-29-23(31-20)30-15-6-4-14(5-7-15)12-17(32)18-8-9-19(33)36-18/h4-5,7-8,13,17,19H,3,6,9-12,14H2,1-2H3,(H2,28,37)(H,30,38)(H2,29,31,32,33);3,5-6,11,13,17,19H,4,7-10,12,14H2,1-2H3,(H2,28,37)(H,30,38)(H2,29,31,32,33);2*4-7,13,18H,3,8-12H2,1-2H3,(H2,26,34)(H,28,35)(H2,27,29,30,31)/t2*17-,19-;2*18-/m0010/s1. The van der Waals surface area contributed by atoms with Crippen molar-refractivity contribution in [2.24, 2.45) is 44.6 Å². The summed E-state index contributed by atoms with van der Waals surface area (Å²) in [6, 6.07) is 29.0. The number of fused-ring (bicyclic) bond motifs is 4. The van der Waals surface area contributed by atoms with Gasteiger partial charge in [-0.2, -0.15) is 19.9 Å². The number of cyclic esters (lactones) is 2. The maximum atomic E-state index is 12.7. The van der Waals surface area contributed by atoms with E-state index in [4.69, 9.17) is 41.9 Å². The number of likely N-dealkylation sites (tertiary alicyclic amines) is 2. The Morgan fingerprint density at radius 2 is 0.653 bits per heavy atom. The predicted octanol–water partition coefficient (Wildman–Crippen LogP) is 8.20. The number of aromatic nitrogens is 8. The number of morpholine rings is 2. The molecule has 8 aromatic rings. The Labute approximate surface area is 897 Å². The fourth-order valence-electron chi connectivity index (χ4n) is 15.2. The van der Waals surface area contributed by atoms with Gasteiger partial charge in [0.25, 0.3) is 0 Å². The number of carbonyl (C=O) groups is 16. The molecular weight excluding hydrogens is 2200 g/mol. The number of anilines is 12. The van der Waals surface area contributed by atoms with E-state index in [9.17, 15) is 76.7 Å². The molecule has 0 spiro atoms. The van der Waals surface area contributed by atoms with Crippen molar-refractivity contribution in [2.75, 3.05) is 108 Å². The van der Waals surface area contributed by atoms with Crippen LogP contribution in [-0.4, -0.2) is 246 Å². The number of aryl methyl sites for hydroxylation is 2. The summed E-state index contributed by atoms with van der Waals surface area (Å²) in [7, 11) is 0. The second-order valence-corrected chi connectivity index (χ2v) is 41.4. The van der Waals surface area contributed by atoms with Gasteiger partial charge in [-0.3, -0.25) is 67.1 Å². The zero-order chi connectivity index (χ0) is 109. The summed E-state index contributed by atoms with van der Waals surface area (Å²) in [5.74, 6) is -2.04. The van der Waals surface area contributed by atoms with Crippen LogP contribution in [0.4, 0.5) is 69.8 Å². The van der Waals surface area contributed by atoms with Gasteiger partial charge in [-0.1, -0.05) is 48.5 Å². The number of nitrogens with one attached hydrogen (secondary N) is 12. The number of halogens is 4. The number of carbonyl (C=O) groups excluding carboxylic acids is 16. The molecule has 0 saturated carbocycles. The van der Waals surface area contributed by atoms with Crippen molar-refractivity contribution in [3.8, 4) is 0 Å². The van der Waals surface area contributed by atoms with E-state index in [-0.39, 0.29) is 85.1 Å². The van der Waals surface area contributed by atoms with Gasteiger partial charge in [0.2, 0.25) is 82.9 Å². The Bertz CT molecular complexity index is 6110.